The smallest absolute Gasteiger partial charge is 0.327 e. The number of fused-ring (bicyclic) bond motifs is 1. The summed E-state index contributed by atoms with van der Waals surface area (Å²) >= 11 is 0. The summed E-state index contributed by atoms with van der Waals surface area (Å²) < 4.78 is 7.33. The summed E-state index contributed by atoms with van der Waals surface area (Å²) in [6.45, 7) is 1.72. The Kier molecular flexibility index (Phi) is 2.47. The maximum atomic E-state index is 12.4. The molecule has 1 aliphatic carbocycles. The van der Waals surface area contributed by atoms with Gasteiger partial charge in [0, 0.05) is 11.3 Å². The number of aromatic nitrogens is 2. The highest BCUT2D eigenvalue weighted by Gasteiger charge is 2.31. The van der Waals surface area contributed by atoms with E-state index in [1.54, 1.807) is 19.1 Å². The van der Waals surface area contributed by atoms with E-state index in [1.165, 1.54) is 6.26 Å². The van der Waals surface area contributed by atoms with Crippen LogP contribution in [0.3, 0.4) is 0 Å². The molecule has 0 amide bonds. The van der Waals surface area contributed by atoms with Crippen molar-refractivity contribution in [2.75, 3.05) is 0 Å². The van der Waals surface area contributed by atoms with Crippen LogP contribution in [0.25, 0.3) is 11.5 Å². The molecule has 0 bridgehead atoms. The van der Waals surface area contributed by atoms with E-state index in [0.29, 0.717) is 29.3 Å². The van der Waals surface area contributed by atoms with Gasteiger partial charge in [0.2, 0.25) is 5.76 Å². The second-order valence-corrected chi connectivity index (χ2v) is 4.62. The summed E-state index contributed by atoms with van der Waals surface area (Å²) in [7, 11) is 0. The molecule has 0 aliphatic heterocycles. The standard InChI is InChI=1S/C13H15N2O3/c1-9-13(12-7-4-8-18-12)15(17)11-6-3-2-5-10(11)14(9)16/h4,7-8,16H,2-3,5-6H2,1H3/q+1. The number of rotatable bonds is 1. The third kappa shape index (κ3) is 1.47. The minimum Gasteiger partial charge on any atom is -0.458 e. The molecule has 2 aromatic heterocycles. The van der Waals surface area contributed by atoms with Crippen LogP contribution >= 0.6 is 0 Å². The Balaban J connectivity index is 2.34. The highest BCUT2D eigenvalue weighted by atomic mass is 16.5. The third-order valence-electron chi connectivity index (χ3n) is 3.53. The first-order chi connectivity index (χ1) is 8.70. The van der Waals surface area contributed by atoms with Crippen LogP contribution in [0.1, 0.15) is 29.9 Å². The van der Waals surface area contributed by atoms with Crippen LogP contribution in [0.2, 0.25) is 0 Å². The zero-order valence-corrected chi connectivity index (χ0v) is 10.2. The number of furan rings is 1. The molecule has 0 saturated heterocycles. The Morgan fingerprint density at radius 1 is 1.39 bits per heavy atom. The number of hydrogen-bond donors (Lipinski definition) is 1. The largest absolute Gasteiger partial charge is 0.458 e. The van der Waals surface area contributed by atoms with Crippen LogP contribution in [0.5, 0.6) is 0 Å². The van der Waals surface area contributed by atoms with E-state index < -0.39 is 0 Å². The maximum absolute atomic E-state index is 12.4. The average Bonchev–Trinajstić information content (AvgIpc) is 2.90. The summed E-state index contributed by atoms with van der Waals surface area (Å²) in [5, 5.41) is 10.2. The van der Waals surface area contributed by atoms with Crippen molar-refractivity contribution in [1.82, 2.24) is 4.73 Å². The molecular formula is C13H15N2O3+. The Labute approximate surface area is 104 Å². The van der Waals surface area contributed by atoms with Gasteiger partial charge < -0.3 is 9.62 Å². The predicted molar refractivity (Wildman–Crippen MR) is 64.1 cm³/mol. The first kappa shape index (κ1) is 11.1. The molecule has 1 aliphatic rings. The molecule has 0 spiro atoms. The average molecular weight is 247 g/mol. The van der Waals surface area contributed by atoms with E-state index in [2.05, 4.69) is 0 Å². The molecule has 0 atom stereocenters. The Bertz CT molecular complexity index is 641. The van der Waals surface area contributed by atoms with Gasteiger partial charge in [-0.1, -0.05) is 0 Å². The molecule has 0 aromatic carbocycles. The molecule has 94 valence electrons. The van der Waals surface area contributed by atoms with Crippen molar-refractivity contribution in [2.24, 2.45) is 0 Å². The third-order valence-corrected chi connectivity index (χ3v) is 3.53. The van der Waals surface area contributed by atoms with Gasteiger partial charge in [-0.05, 0) is 38.3 Å². The van der Waals surface area contributed by atoms with Gasteiger partial charge >= 0.3 is 5.69 Å². The van der Waals surface area contributed by atoms with Crippen molar-refractivity contribution in [3.8, 4) is 11.5 Å². The van der Waals surface area contributed by atoms with Crippen LogP contribution in [0.4, 0.5) is 0 Å². The molecule has 5 heteroatoms. The second kappa shape index (κ2) is 4.01. The highest BCUT2D eigenvalue weighted by molar-refractivity contribution is 5.51. The fourth-order valence-electron chi connectivity index (χ4n) is 2.60. The van der Waals surface area contributed by atoms with Gasteiger partial charge in [-0.25, -0.2) is 0 Å². The van der Waals surface area contributed by atoms with Crippen LogP contribution < -0.4 is 4.43 Å². The van der Waals surface area contributed by atoms with E-state index >= 15 is 0 Å². The molecule has 2 aromatic rings. The van der Waals surface area contributed by atoms with Crippen molar-refractivity contribution >= 4 is 0 Å². The van der Waals surface area contributed by atoms with Gasteiger partial charge in [-0.2, -0.15) is 4.73 Å². The molecule has 0 fully saturated rings. The molecule has 0 saturated carbocycles. The van der Waals surface area contributed by atoms with E-state index in [4.69, 9.17) is 4.42 Å². The fourth-order valence-corrected chi connectivity index (χ4v) is 2.60. The quantitative estimate of drug-likeness (QED) is 0.620. The van der Waals surface area contributed by atoms with Gasteiger partial charge in [-0.3, -0.25) is 0 Å². The lowest BCUT2D eigenvalue weighted by Gasteiger charge is -2.14. The molecule has 0 radical (unpaired) electrons. The molecule has 1 N–H and O–H groups in total. The summed E-state index contributed by atoms with van der Waals surface area (Å²) in [5.41, 5.74) is 2.29. The minimum absolute atomic E-state index is 0.392. The Morgan fingerprint density at radius 2 is 2.17 bits per heavy atom. The molecule has 18 heavy (non-hydrogen) atoms. The number of nitrogens with zero attached hydrogens (tertiary/aromatic N) is 2. The molecular weight excluding hydrogens is 232 g/mol. The zero-order chi connectivity index (χ0) is 12.7. The first-order valence-corrected chi connectivity index (χ1v) is 6.13. The topological polar surface area (TPSA) is 61.3 Å². The number of hydrogen-bond acceptors (Lipinski definition) is 3. The normalized spacial score (nSPS) is 14.5. The summed E-state index contributed by atoms with van der Waals surface area (Å²) in [6.07, 6.45) is 4.96. The fraction of sp³-hybridized carbons (Fsp3) is 0.385. The molecule has 5 nitrogen and oxygen atoms in total. The Morgan fingerprint density at radius 3 is 2.89 bits per heavy atom. The maximum Gasteiger partial charge on any atom is 0.327 e. The highest BCUT2D eigenvalue weighted by Crippen LogP contribution is 2.24. The minimum atomic E-state index is 0.392. The summed E-state index contributed by atoms with van der Waals surface area (Å²) in [4.78, 5) is 12.4. The first-order valence-electron chi connectivity index (χ1n) is 6.13. The second-order valence-electron chi connectivity index (χ2n) is 4.62. The van der Waals surface area contributed by atoms with Gasteiger partial charge in [0.25, 0.3) is 5.69 Å². The SMILES string of the molecule is Cc1c(-c2ccco2)[n+](=O)c2c(n1O)CCCC2. The predicted octanol–water partition coefficient (Wildman–Crippen LogP) is 2.09. The van der Waals surface area contributed by atoms with Gasteiger partial charge in [0.15, 0.2) is 0 Å². The van der Waals surface area contributed by atoms with Crippen LogP contribution in [0.15, 0.2) is 22.8 Å². The van der Waals surface area contributed by atoms with E-state index in [-0.39, 0.29) is 0 Å². The molecule has 0 unspecified atom stereocenters. The lowest BCUT2D eigenvalue weighted by atomic mass is 9.99. The van der Waals surface area contributed by atoms with Gasteiger partial charge in [-0.15, -0.1) is 0 Å². The van der Waals surface area contributed by atoms with Crippen molar-refractivity contribution in [1.29, 1.82) is 0 Å². The van der Waals surface area contributed by atoms with E-state index in [9.17, 15) is 10.1 Å². The monoisotopic (exact) mass is 247 g/mol. The van der Waals surface area contributed by atoms with Gasteiger partial charge in [0.1, 0.15) is 11.4 Å². The van der Waals surface area contributed by atoms with Gasteiger partial charge in [0.05, 0.1) is 10.7 Å². The van der Waals surface area contributed by atoms with Crippen molar-refractivity contribution in [2.45, 2.75) is 32.6 Å². The summed E-state index contributed by atoms with van der Waals surface area (Å²) in [6, 6.07) is 3.46. The lowest BCUT2D eigenvalue weighted by molar-refractivity contribution is -0.496. The lowest BCUT2D eigenvalue weighted by Crippen LogP contribution is -2.33. The van der Waals surface area contributed by atoms with Crippen LogP contribution in [-0.4, -0.2) is 9.94 Å². The van der Waals surface area contributed by atoms with Crippen molar-refractivity contribution in [3.05, 3.63) is 40.4 Å². The molecule has 2 heterocycles. The zero-order valence-electron chi connectivity index (χ0n) is 10.2. The van der Waals surface area contributed by atoms with Crippen LogP contribution in [-0.2, 0) is 12.8 Å². The Hall–Kier alpha value is -2.04. The molecule has 3 rings (SSSR count). The summed E-state index contributed by atoms with van der Waals surface area (Å²) in [5.74, 6) is 0.485. The van der Waals surface area contributed by atoms with Crippen LogP contribution in [0, 0.1) is 11.8 Å². The van der Waals surface area contributed by atoms with Crippen molar-refractivity contribution in [3.63, 3.8) is 0 Å². The van der Waals surface area contributed by atoms with Crippen molar-refractivity contribution < 1.29 is 14.1 Å². The van der Waals surface area contributed by atoms with E-state index in [0.717, 1.165) is 34.1 Å². The van der Waals surface area contributed by atoms with E-state index in [1.807, 2.05) is 0 Å².